The lowest BCUT2D eigenvalue weighted by atomic mass is 9.94. The van der Waals surface area contributed by atoms with Gasteiger partial charge in [0, 0.05) is 135 Å². The standard InChI is InChI=1S/C40H64O6.C22H26N2O8.C10H21N3O2.C6H15N.C3H5I3.C3H6I2.C3H7I.CHCl3/c1-6-34(40(46)27-17-26-37(43)23-16-25-39(45)31-29-33(4)5)18-12-10-8-7-9-11-13-19-35(41)20-14-21-36(42)22-15-24-38(44)30-28-32(2)3;1-2-16(22(30)32-24-19(27)14-15-20(24)28)10-8-6-4-3-5-7-9-11-21(29)31-23-17(25)12-13-18(23)26;1-8(2)7-13-10(15)4-6-12-9(14)3-5-11;1-4-7(5-2)6-3;1-2-3(4,5)6;1-2-3(4)5;1-2-3-4;2-1(3)4/h6,8,10-11,13,32-34H,1,7,9,12,14-31H2,2-5H3;2,4,6-7,9,16H,1,3,5,8,10-15H2;8H,3-7,11H2,1-2H3,(H,12,14)(H,13,15);4-6H2,1-3H3;2H2,1H3;3H,2H2,1H3;2-3H2,1H3;1H/b10-8-,13-11+;6-4-,9-7+;;;;;;. The molecule has 0 aromatic rings. The number of alkyl halides is 9. The summed E-state index contributed by atoms with van der Waals surface area (Å²) in [6.45, 7) is 37.9. The second-order valence-electron chi connectivity index (χ2n) is 28.9. The molecular formula is C88H145Cl3I6N6O16. The molecule has 0 bridgehead atoms. The van der Waals surface area contributed by atoms with Gasteiger partial charge in [-0.15, -0.1) is 23.3 Å². The maximum Gasteiger partial charge on any atom is 0.339 e. The fourth-order valence-corrected chi connectivity index (χ4v) is 9.60. The number of hydroxylamine groups is 4. The number of Topliss-reactive ketones (excluding diaryl/α,β-unsaturated/α-hetero) is 6. The van der Waals surface area contributed by atoms with Crippen LogP contribution < -0.4 is 16.4 Å². The number of amides is 6. The fourth-order valence-electron chi connectivity index (χ4n) is 9.60. The van der Waals surface area contributed by atoms with E-state index in [2.05, 4.69) is 246 Å². The van der Waals surface area contributed by atoms with Crippen LogP contribution in [0.4, 0.5) is 0 Å². The highest BCUT2D eigenvalue weighted by Crippen LogP contribution is 2.38. The van der Waals surface area contributed by atoms with Crippen molar-refractivity contribution < 1.29 is 76.8 Å². The van der Waals surface area contributed by atoms with Crippen LogP contribution in [-0.2, 0) is 76.8 Å². The van der Waals surface area contributed by atoms with E-state index in [0.29, 0.717) is 188 Å². The topological polar surface area (TPSA) is 317 Å². The molecule has 2 atom stereocenters. The maximum atomic E-state index is 12.6. The van der Waals surface area contributed by atoms with Crippen molar-refractivity contribution in [2.45, 2.75) is 313 Å². The van der Waals surface area contributed by atoms with Gasteiger partial charge in [0.05, 0.1) is 14.3 Å². The third-order valence-corrected chi connectivity index (χ3v) is 22.0. The highest BCUT2D eigenvalue weighted by molar-refractivity contribution is 14.3. The number of carbonyl (C=O) groups excluding carboxylic acids is 14. The van der Waals surface area contributed by atoms with E-state index in [1.165, 1.54) is 49.4 Å². The van der Waals surface area contributed by atoms with Gasteiger partial charge in [-0.2, -0.15) is 0 Å². The zero-order valence-electron chi connectivity index (χ0n) is 73.3. The van der Waals surface area contributed by atoms with Gasteiger partial charge in [0.15, 0.2) is 4.30 Å². The van der Waals surface area contributed by atoms with Gasteiger partial charge in [-0.05, 0) is 151 Å². The van der Waals surface area contributed by atoms with E-state index in [4.69, 9.17) is 50.2 Å². The molecule has 2 aliphatic rings. The number of hydrogen-bond acceptors (Lipinski definition) is 18. The SMILES string of the molecule is C=CC(CC/C=C\CC/C=C/CC(=O)CCCC(=O)CCCC(=O)CCC(C)C)C(=O)CCCC(=O)CCCC(=O)CCC(C)C.C=CC(CC/C=C\CC/C=C/CC(=O)ON1C(=O)CCC1=O)C(=O)ON1C(=O)CCC1=O.CC(C)CNC(=O)CCNC(=O)CCN.CCC(I)(I)I.CCC(I)I.CCCI.CCN(CC)CC.ClC(Cl)Cl. The number of allylic oxidation sites excluding steroid dienone is 8. The first kappa shape index (κ1) is 128. The van der Waals surface area contributed by atoms with E-state index in [9.17, 15) is 67.1 Å². The van der Waals surface area contributed by atoms with Gasteiger partial charge in [0.2, 0.25) is 11.8 Å². The smallest absolute Gasteiger partial charge is 0.339 e. The molecule has 0 aromatic carbocycles. The molecule has 4 N–H and O–H groups in total. The molecule has 22 nitrogen and oxygen atoms in total. The van der Waals surface area contributed by atoms with Crippen LogP contribution in [0.25, 0.3) is 0 Å². The largest absolute Gasteiger partial charge is 0.356 e. The normalized spacial score (nSPS) is 12.9. The lowest BCUT2D eigenvalue weighted by Gasteiger charge is -2.16. The van der Waals surface area contributed by atoms with Gasteiger partial charge in [0.1, 0.15) is 34.1 Å². The fraction of sp³-hybridized carbons (Fsp3) is 0.705. The highest BCUT2D eigenvalue weighted by atomic mass is 127. The van der Waals surface area contributed by atoms with E-state index in [0.717, 1.165) is 34.0 Å². The van der Waals surface area contributed by atoms with Gasteiger partial charge < -0.3 is 30.9 Å². The molecule has 2 aliphatic heterocycles. The van der Waals surface area contributed by atoms with Crippen LogP contribution in [0.5, 0.6) is 0 Å². The molecule has 119 heavy (non-hydrogen) atoms. The number of unbranched alkanes of at least 4 members (excludes halogenated alkanes) is 2. The Labute approximate surface area is 812 Å². The van der Waals surface area contributed by atoms with Crippen LogP contribution in [0.2, 0.25) is 0 Å². The number of ketones is 6. The molecule has 0 aliphatic carbocycles. The third-order valence-electron chi connectivity index (χ3n) is 16.9. The summed E-state index contributed by atoms with van der Waals surface area (Å²) in [5.41, 5.74) is 5.20. The van der Waals surface area contributed by atoms with Crippen molar-refractivity contribution in [3.63, 3.8) is 0 Å². The molecule has 0 spiro atoms. The number of imide groups is 2. The Bertz CT molecular complexity index is 2920. The van der Waals surface area contributed by atoms with E-state index in [1.54, 1.807) is 18.2 Å². The number of nitrogens with zero attached hydrogens (tertiary/aromatic N) is 3. The Balaban J connectivity index is -0.000000372. The number of carbonyl (C=O) groups is 14. The van der Waals surface area contributed by atoms with Crippen molar-refractivity contribution >= 4 is 252 Å². The summed E-state index contributed by atoms with van der Waals surface area (Å²) < 4.78 is 1.82. The van der Waals surface area contributed by atoms with Gasteiger partial charge in [-0.3, -0.25) is 57.5 Å². The third kappa shape index (κ3) is 91.8. The Morgan fingerprint density at radius 1 is 0.487 bits per heavy atom. The second-order valence-corrected chi connectivity index (χ2v) is 49.1. The van der Waals surface area contributed by atoms with Crippen molar-refractivity contribution in [3.8, 4) is 0 Å². The molecular weight excluding hydrogens is 2260 g/mol. The molecule has 2 unspecified atom stereocenters. The maximum absolute atomic E-state index is 12.6. The zero-order chi connectivity index (χ0) is 92.0. The van der Waals surface area contributed by atoms with E-state index in [-0.39, 0.29) is 84.5 Å². The summed E-state index contributed by atoms with van der Waals surface area (Å²) in [6.07, 6.45) is 37.6. The van der Waals surface area contributed by atoms with Crippen LogP contribution in [0, 0.1) is 29.6 Å². The average Bonchev–Trinajstić information content (AvgIpc) is 1.73. The van der Waals surface area contributed by atoms with Crippen molar-refractivity contribution in [1.82, 2.24) is 25.7 Å². The number of halogens is 9. The van der Waals surface area contributed by atoms with Gasteiger partial charge >= 0.3 is 11.9 Å². The molecule has 0 aromatic heterocycles. The summed E-state index contributed by atoms with van der Waals surface area (Å²) in [5, 5.41) is 6.44. The Kier molecular flexibility index (Phi) is 94.2. The molecule has 2 saturated heterocycles. The Morgan fingerprint density at radius 2 is 0.824 bits per heavy atom. The van der Waals surface area contributed by atoms with Crippen molar-refractivity contribution in [1.29, 1.82) is 0 Å². The monoisotopic (exact) mass is 2410 g/mol. The van der Waals surface area contributed by atoms with Crippen LogP contribution in [0.15, 0.2) is 73.9 Å². The molecule has 0 radical (unpaired) electrons. The van der Waals surface area contributed by atoms with Crippen LogP contribution in [0.1, 0.15) is 308 Å². The predicted octanol–water partition coefficient (Wildman–Crippen LogP) is 22.6. The highest BCUT2D eigenvalue weighted by Gasteiger charge is 2.35. The summed E-state index contributed by atoms with van der Waals surface area (Å²) in [5.74, 6) is -1.95. The first-order valence-corrected chi connectivity index (χ1v) is 50.6. The first-order chi connectivity index (χ1) is 56.1. The minimum Gasteiger partial charge on any atom is -0.356 e. The lowest BCUT2D eigenvalue weighted by molar-refractivity contribution is -0.199. The van der Waals surface area contributed by atoms with Gasteiger partial charge in [-0.1, -0.05) is 314 Å². The molecule has 2 fully saturated rings. The number of rotatable bonds is 57. The summed E-state index contributed by atoms with van der Waals surface area (Å²) in [4.78, 5) is 176. The zero-order valence-corrected chi connectivity index (χ0v) is 88.5. The first-order valence-electron chi connectivity index (χ1n) is 42.0. The molecule has 31 heteroatoms. The summed E-state index contributed by atoms with van der Waals surface area (Å²) >= 11 is 28.8. The average molecular weight is 2410 g/mol. The molecule has 0 saturated carbocycles. The van der Waals surface area contributed by atoms with Gasteiger partial charge in [0.25, 0.3) is 23.6 Å². The molecule has 2 heterocycles. The molecule has 2 rings (SSSR count). The van der Waals surface area contributed by atoms with Crippen LogP contribution in [0.3, 0.4) is 0 Å². The lowest BCUT2D eigenvalue weighted by Crippen LogP contribution is -2.34. The minimum atomic E-state index is -0.750. The molecule has 686 valence electrons. The van der Waals surface area contributed by atoms with E-state index in [1.807, 2.05) is 38.2 Å². The van der Waals surface area contributed by atoms with Crippen molar-refractivity contribution in [2.75, 3.05) is 43.7 Å². The number of hydrogen-bond donors (Lipinski definition) is 3. The number of nitrogens with two attached hydrogens (primary N) is 1. The summed E-state index contributed by atoms with van der Waals surface area (Å²) in [6, 6.07) is 0. The Morgan fingerprint density at radius 3 is 1.16 bits per heavy atom. The Hall–Kier alpha value is -2.21. The van der Waals surface area contributed by atoms with Crippen LogP contribution >= 0.6 is 170 Å². The quantitative estimate of drug-likeness (QED) is 0.0167. The van der Waals surface area contributed by atoms with Gasteiger partial charge in [-0.25, -0.2) is 9.59 Å². The minimum absolute atomic E-state index is 0.0308. The van der Waals surface area contributed by atoms with Crippen molar-refractivity contribution in [2.24, 2.45) is 35.3 Å². The van der Waals surface area contributed by atoms with Crippen molar-refractivity contribution in [3.05, 3.63) is 73.9 Å². The number of nitrogens with one attached hydrogen (secondary N) is 2. The molecule has 6 amide bonds. The second kappa shape index (κ2) is 87.8. The van der Waals surface area contributed by atoms with E-state index < -0.39 is 45.8 Å². The summed E-state index contributed by atoms with van der Waals surface area (Å²) in [7, 11) is 0. The van der Waals surface area contributed by atoms with Crippen LogP contribution in [-0.4, -0.2) is 146 Å². The predicted molar refractivity (Wildman–Crippen MR) is 538 cm³/mol. The van der Waals surface area contributed by atoms with E-state index >= 15 is 0 Å².